The van der Waals surface area contributed by atoms with E-state index in [1.165, 1.54) is 50.1 Å². The lowest BCUT2D eigenvalue weighted by Crippen LogP contribution is -2.29. The van der Waals surface area contributed by atoms with Gasteiger partial charge in [-0.05, 0) is 120 Å². The molecule has 0 unspecified atom stereocenters. The number of anilines is 4. The van der Waals surface area contributed by atoms with Crippen molar-refractivity contribution in [3.05, 3.63) is 262 Å². The van der Waals surface area contributed by atoms with E-state index in [-0.39, 0.29) is 52.3 Å². The van der Waals surface area contributed by atoms with Crippen LogP contribution in [0, 0.1) is 0 Å². The fourth-order valence-electron chi connectivity index (χ4n) is 12.8. The minimum absolute atomic E-state index is 0.0496. The molecule has 3 heterocycles. The molecule has 5 heteroatoms. The molecule has 1 aliphatic heterocycles. The van der Waals surface area contributed by atoms with Crippen molar-refractivity contribution in [2.24, 2.45) is 0 Å². The summed E-state index contributed by atoms with van der Waals surface area (Å²) in [6.07, 6.45) is 1.79. The van der Waals surface area contributed by atoms with Gasteiger partial charge in [0.2, 0.25) is 0 Å². The standard InChI is InChI=1S/C74H66N4O/c1-72(2,3)48-36-37-75-67(41-48)78-62-31-18-17-24-55(62)56-35-34-52(44-65(56)78)79-66-43-51(42-61-68-57-25-13-15-27-59(57)69(70(61)66)60-28-16-14-26-58(60)68)76-45-77(64-33-20-19-32-63(64)76)71-53(46-22-11-10-12-23-46)29-21-30-54(71)47-38-49(73(4,5)6)40-50(39-47)74(7,8)9/h10-44,68-69H,45H2,1-9H3/i17D,18D,24D,31D. The summed E-state index contributed by atoms with van der Waals surface area (Å²) in [5.41, 5.74) is 20.8. The van der Waals surface area contributed by atoms with Crippen molar-refractivity contribution in [1.82, 2.24) is 9.55 Å². The van der Waals surface area contributed by atoms with Crippen molar-refractivity contribution in [2.45, 2.75) is 90.4 Å². The third-order valence-corrected chi connectivity index (χ3v) is 16.9. The average Bonchev–Trinajstić information content (AvgIpc) is 3.97. The van der Waals surface area contributed by atoms with Gasteiger partial charge in [0, 0.05) is 63.3 Å². The zero-order valence-corrected chi connectivity index (χ0v) is 46.5. The predicted octanol–water partition coefficient (Wildman–Crippen LogP) is 19.4. The van der Waals surface area contributed by atoms with E-state index in [1.54, 1.807) is 6.20 Å². The Morgan fingerprint density at radius 3 is 1.73 bits per heavy atom. The Hall–Kier alpha value is -8.67. The van der Waals surface area contributed by atoms with Crippen LogP contribution < -0.4 is 14.5 Å². The highest BCUT2D eigenvalue weighted by atomic mass is 16.5. The summed E-state index contributed by atoms with van der Waals surface area (Å²) in [5.74, 6) is 1.73. The van der Waals surface area contributed by atoms with Crippen LogP contribution in [-0.2, 0) is 16.2 Å². The van der Waals surface area contributed by atoms with Crippen LogP contribution in [0.3, 0.4) is 0 Å². The highest BCUT2D eigenvalue weighted by Gasteiger charge is 2.44. The van der Waals surface area contributed by atoms with Gasteiger partial charge in [-0.1, -0.05) is 208 Å². The van der Waals surface area contributed by atoms with E-state index < -0.39 is 0 Å². The summed E-state index contributed by atoms with van der Waals surface area (Å²) in [6.45, 7) is 20.8. The monoisotopic (exact) mass is 1030 g/mol. The molecule has 0 saturated heterocycles. The van der Waals surface area contributed by atoms with Gasteiger partial charge in [-0.25, -0.2) is 4.98 Å². The molecule has 0 amide bonds. The van der Waals surface area contributed by atoms with Crippen molar-refractivity contribution in [1.29, 1.82) is 0 Å². The lowest BCUT2D eigenvalue weighted by Gasteiger charge is -2.43. The van der Waals surface area contributed by atoms with Crippen LogP contribution in [0.4, 0.5) is 22.7 Å². The van der Waals surface area contributed by atoms with Crippen molar-refractivity contribution in [3.63, 3.8) is 0 Å². The minimum atomic E-state index is -0.291. The van der Waals surface area contributed by atoms with Gasteiger partial charge in [0.25, 0.3) is 0 Å². The van der Waals surface area contributed by atoms with E-state index >= 15 is 0 Å². The zero-order valence-electron chi connectivity index (χ0n) is 50.5. The quantitative estimate of drug-likeness (QED) is 0.159. The maximum absolute atomic E-state index is 9.35. The van der Waals surface area contributed by atoms with Crippen LogP contribution in [0.2, 0.25) is 0 Å². The van der Waals surface area contributed by atoms with Crippen LogP contribution in [-0.4, -0.2) is 16.2 Å². The van der Waals surface area contributed by atoms with Gasteiger partial charge in [0.1, 0.15) is 24.0 Å². The Morgan fingerprint density at radius 2 is 1.08 bits per heavy atom. The molecule has 0 N–H and O–H groups in total. The first kappa shape index (κ1) is 44.3. The Morgan fingerprint density at radius 1 is 0.481 bits per heavy atom. The number of ether oxygens (including phenoxy) is 1. The molecule has 11 aromatic rings. The number of hydrogen-bond acceptors (Lipinski definition) is 4. The van der Waals surface area contributed by atoms with Gasteiger partial charge in [-0.3, -0.25) is 4.57 Å². The number of aromatic nitrogens is 2. The number of rotatable bonds is 7. The van der Waals surface area contributed by atoms with Crippen LogP contribution in [0.15, 0.2) is 212 Å². The second-order valence-corrected chi connectivity index (χ2v) is 24.9. The van der Waals surface area contributed by atoms with Gasteiger partial charge < -0.3 is 14.5 Å². The van der Waals surface area contributed by atoms with E-state index in [0.717, 1.165) is 50.8 Å². The van der Waals surface area contributed by atoms with E-state index in [9.17, 15) is 2.74 Å². The Labute approximate surface area is 471 Å². The third-order valence-electron chi connectivity index (χ3n) is 16.9. The fourth-order valence-corrected chi connectivity index (χ4v) is 12.8. The number of pyridine rings is 1. The minimum Gasteiger partial charge on any atom is -0.457 e. The largest absolute Gasteiger partial charge is 0.457 e. The van der Waals surface area contributed by atoms with Crippen LogP contribution in [0.25, 0.3) is 49.9 Å². The molecule has 9 aromatic carbocycles. The van der Waals surface area contributed by atoms with E-state index in [4.69, 9.17) is 12.5 Å². The first-order valence-corrected chi connectivity index (χ1v) is 27.8. The SMILES string of the molecule is [2H]c1c([2H])c([2H])c2c(c1[2H])c1ccc(Oc3cc(N4CN(c5c(-c6ccccc6)cccc5-c5cc(C(C)(C)C)cc(C(C)(C)C)c5)c5ccccc54)cc4c3C3c5ccccc5C4c4ccccc43)cc1n2-c1cc(C(C)(C)C)ccn1. The molecule has 0 fully saturated rings. The molecule has 3 aliphatic carbocycles. The summed E-state index contributed by atoms with van der Waals surface area (Å²) >= 11 is 0. The molecule has 0 radical (unpaired) electrons. The molecule has 4 aliphatic rings. The molecule has 0 saturated carbocycles. The molecular weight excluding hydrogens is 961 g/mol. The maximum Gasteiger partial charge on any atom is 0.137 e. The number of hydrogen-bond donors (Lipinski definition) is 0. The number of fused-ring (bicyclic) bond motifs is 4. The normalized spacial score (nSPS) is 16.3. The smallest absolute Gasteiger partial charge is 0.137 e. The summed E-state index contributed by atoms with van der Waals surface area (Å²) in [4.78, 5) is 9.87. The Balaban J connectivity index is 0.983. The van der Waals surface area contributed by atoms with Gasteiger partial charge >= 0.3 is 0 Å². The van der Waals surface area contributed by atoms with Crippen molar-refractivity contribution >= 4 is 44.6 Å². The first-order chi connectivity index (χ1) is 39.7. The topological polar surface area (TPSA) is 33.5 Å². The second-order valence-electron chi connectivity index (χ2n) is 24.9. The maximum atomic E-state index is 9.35. The molecule has 15 rings (SSSR count). The highest BCUT2D eigenvalue weighted by Crippen LogP contribution is 2.60. The van der Waals surface area contributed by atoms with Crippen LogP contribution in [0.5, 0.6) is 11.5 Å². The first-order valence-electron chi connectivity index (χ1n) is 29.8. The number of para-hydroxylation sites is 4. The molecule has 388 valence electrons. The van der Waals surface area contributed by atoms with E-state index in [0.29, 0.717) is 40.0 Å². The molecule has 5 nitrogen and oxygen atoms in total. The van der Waals surface area contributed by atoms with Crippen molar-refractivity contribution in [2.75, 3.05) is 16.5 Å². The Kier molecular flexibility index (Phi) is 10.1. The third kappa shape index (κ3) is 7.99. The number of benzene rings is 9. The van der Waals surface area contributed by atoms with Gasteiger partial charge in [-0.15, -0.1) is 0 Å². The molecule has 0 atom stereocenters. The average molecular weight is 1030 g/mol. The molecule has 2 aromatic heterocycles. The van der Waals surface area contributed by atoms with Gasteiger partial charge in [0.15, 0.2) is 0 Å². The van der Waals surface area contributed by atoms with Gasteiger partial charge in [-0.2, -0.15) is 0 Å². The van der Waals surface area contributed by atoms with Crippen molar-refractivity contribution in [3.8, 4) is 39.6 Å². The highest BCUT2D eigenvalue weighted by molar-refractivity contribution is 6.09. The summed E-state index contributed by atoms with van der Waals surface area (Å²) < 4.78 is 45.7. The fraction of sp³-hybridized carbons (Fsp3) is 0.203. The molecule has 2 bridgehead atoms. The van der Waals surface area contributed by atoms with E-state index in [2.05, 4.69) is 224 Å². The van der Waals surface area contributed by atoms with Crippen LogP contribution >= 0.6 is 0 Å². The Bertz CT molecular complexity index is 4400. The lowest BCUT2D eigenvalue weighted by molar-refractivity contribution is 0.471. The lowest BCUT2D eigenvalue weighted by atomic mass is 9.61. The summed E-state index contributed by atoms with van der Waals surface area (Å²) in [5, 5.41) is 1.12. The van der Waals surface area contributed by atoms with E-state index in [1.807, 2.05) is 34.9 Å². The summed E-state index contributed by atoms with van der Waals surface area (Å²) in [7, 11) is 0. The zero-order chi connectivity index (χ0) is 57.6. The number of nitrogens with zero attached hydrogens (tertiary/aromatic N) is 4. The van der Waals surface area contributed by atoms with Crippen LogP contribution in [0.1, 0.15) is 130 Å². The molecule has 0 spiro atoms. The van der Waals surface area contributed by atoms with Crippen molar-refractivity contribution < 1.29 is 10.2 Å². The predicted molar refractivity (Wildman–Crippen MR) is 329 cm³/mol. The van der Waals surface area contributed by atoms with Gasteiger partial charge in [0.05, 0.1) is 33.6 Å². The molecular formula is C74H66N4O. The molecule has 79 heavy (non-hydrogen) atoms. The second kappa shape index (κ2) is 17.9. The summed E-state index contributed by atoms with van der Waals surface area (Å²) in [6, 6.07) is 65.2.